The van der Waals surface area contributed by atoms with Gasteiger partial charge in [0.1, 0.15) is 29.6 Å². The van der Waals surface area contributed by atoms with Crippen LogP contribution < -0.4 is 10.6 Å². The number of benzene rings is 2. The zero-order chi connectivity index (χ0) is 36.7. The lowest BCUT2D eigenvalue weighted by Crippen LogP contribution is -2.55. The van der Waals surface area contributed by atoms with E-state index in [1.165, 1.54) is 52.3 Å². The number of phenolic OH excluding ortho intramolecular Hbond substituents is 2. The summed E-state index contributed by atoms with van der Waals surface area (Å²) in [7, 11) is 4.11. The van der Waals surface area contributed by atoms with Crippen molar-refractivity contribution < 1.29 is 44.1 Å². The standard InChI is InChI=1S/C35H47N5O9/c1-8-30(45)39(6)26(18-41)34(48)37-21(4)35(49)38(5)17-31(46)40(7)32-23-10-12-28(43)25(16-23)24-15-22(9-11-27(24)42)14-20(3)36-33(47)19(2)13-29(32)44/h9-12,15-16,19-21,26,32,41-43H,8,13-14,17-18H2,1-7H3,(H,36,47)(H,37,48)/t19-,20-,21-,26-,32+/m1/s1. The van der Waals surface area contributed by atoms with Gasteiger partial charge in [-0.1, -0.05) is 26.0 Å². The van der Waals surface area contributed by atoms with Crippen LogP contribution in [0.3, 0.4) is 0 Å². The van der Waals surface area contributed by atoms with Crippen LogP contribution in [0.1, 0.15) is 57.7 Å². The van der Waals surface area contributed by atoms with Crippen LogP contribution in [-0.2, 0) is 35.2 Å². The van der Waals surface area contributed by atoms with E-state index in [1.54, 1.807) is 26.0 Å². The molecule has 266 valence electrons. The maximum atomic E-state index is 13.9. The Bertz CT molecular complexity index is 1600. The van der Waals surface area contributed by atoms with Crippen LogP contribution in [0, 0.1) is 5.92 Å². The summed E-state index contributed by atoms with van der Waals surface area (Å²) in [5.41, 5.74) is 1.64. The molecule has 14 nitrogen and oxygen atoms in total. The lowest BCUT2D eigenvalue weighted by Gasteiger charge is -2.31. The topological polar surface area (TPSA) is 197 Å². The van der Waals surface area contributed by atoms with Gasteiger partial charge in [-0.15, -0.1) is 0 Å². The van der Waals surface area contributed by atoms with Gasteiger partial charge in [0.05, 0.1) is 13.2 Å². The molecule has 1 heterocycles. The SMILES string of the molecule is CCC(=O)N(C)[C@H](CO)C(=O)N[C@H](C)C(=O)N(C)CC(=O)N(C)[C@@H]1C(=O)C[C@@H](C)C(=O)N[C@H](C)Cc2ccc(O)c(c2)-c2cc1ccc2O. The Kier molecular flexibility index (Phi) is 12.9. The number of nitrogens with zero attached hydrogens (tertiary/aromatic N) is 3. The van der Waals surface area contributed by atoms with Crippen LogP contribution in [0.4, 0.5) is 0 Å². The van der Waals surface area contributed by atoms with Crippen molar-refractivity contribution in [1.82, 2.24) is 25.3 Å². The Morgan fingerprint density at radius 3 is 2.16 bits per heavy atom. The van der Waals surface area contributed by atoms with E-state index >= 15 is 0 Å². The summed E-state index contributed by atoms with van der Waals surface area (Å²) in [5, 5.41) is 36.6. The molecule has 0 fully saturated rings. The van der Waals surface area contributed by atoms with E-state index in [4.69, 9.17) is 0 Å². The molecule has 1 aliphatic heterocycles. The molecule has 0 radical (unpaired) electrons. The summed E-state index contributed by atoms with van der Waals surface area (Å²) in [6.45, 7) is 5.30. The monoisotopic (exact) mass is 681 g/mol. The van der Waals surface area contributed by atoms with Gasteiger partial charge < -0.3 is 40.7 Å². The molecule has 0 spiro atoms. The number of carbonyl (C=O) groups is 6. The van der Waals surface area contributed by atoms with Crippen LogP contribution in [0.2, 0.25) is 0 Å². The van der Waals surface area contributed by atoms with E-state index in [0.717, 1.165) is 20.3 Å². The fourth-order valence-electron chi connectivity index (χ4n) is 5.83. The second-order valence-electron chi connectivity index (χ2n) is 12.7. The number of amides is 5. The maximum Gasteiger partial charge on any atom is 0.245 e. The molecule has 2 aromatic carbocycles. The highest BCUT2D eigenvalue weighted by molar-refractivity contribution is 5.96. The fourth-order valence-corrected chi connectivity index (χ4v) is 5.83. The highest BCUT2D eigenvalue weighted by Gasteiger charge is 2.34. The number of aromatic hydroxyl groups is 2. The number of phenols is 2. The van der Waals surface area contributed by atoms with Gasteiger partial charge in [-0.25, -0.2) is 0 Å². The number of rotatable bonds is 9. The summed E-state index contributed by atoms with van der Waals surface area (Å²) < 4.78 is 0. The number of Topliss-reactive ketones (excluding diaryl/α,β-unsaturated/α-hetero) is 1. The molecule has 2 aromatic rings. The van der Waals surface area contributed by atoms with Gasteiger partial charge in [-0.2, -0.15) is 0 Å². The smallest absolute Gasteiger partial charge is 0.245 e. The van der Waals surface area contributed by atoms with E-state index < -0.39 is 60.7 Å². The van der Waals surface area contributed by atoms with Crippen LogP contribution in [0.15, 0.2) is 36.4 Å². The van der Waals surface area contributed by atoms with Crippen LogP contribution in [0.25, 0.3) is 11.1 Å². The van der Waals surface area contributed by atoms with Gasteiger partial charge in [-0.05, 0) is 55.7 Å². The normalized spacial score (nSPS) is 19.1. The van der Waals surface area contributed by atoms with Gasteiger partial charge >= 0.3 is 0 Å². The minimum absolute atomic E-state index is 0.114. The quantitative estimate of drug-likeness (QED) is 0.258. The Hall–Kier alpha value is -4.98. The number of ketones is 1. The highest BCUT2D eigenvalue weighted by Crippen LogP contribution is 2.39. The average molecular weight is 682 g/mol. The van der Waals surface area contributed by atoms with Crippen LogP contribution in [0.5, 0.6) is 11.5 Å². The first kappa shape index (κ1) is 38.5. The Morgan fingerprint density at radius 1 is 0.939 bits per heavy atom. The summed E-state index contributed by atoms with van der Waals surface area (Å²) in [6.07, 6.45) is 0.335. The fraction of sp³-hybridized carbons (Fsp3) is 0.486. The summed E-state index contributed by atoms with van der Waals surface area (Å²) in [4.78, 5) is 82.0. The predicted octanol–water partition coefficient (Wildman–Crippen LogP) is 1.11. The van der Waals surface area contributed by atoms with Crippen molar-refractivity contribution in [2.75, 3.05) is 34.3 Å². The zero-order valence-electron chi connectivity index (χ0n) is 29.0. The number of aliphatic hydroxyl groups is 1. The molecule has 14 heteroatoms. The molecular weight excluding hydrogens is 634 g/mol. The van der Waals surface area contributed by atoms with E-state index in [2.05, 4.69) is 10.6 Å². The predicted molar refractivity (Wildman–Crippen MR) is 180 cm³/mol. The summed E-state index contributed by atoms with van der Waals surface area (Å²) >= 11 is 0. The first-order chi connectivity index (χ1) is 23.0. The highest BCUT2D eigenvalue weighted by atomic mass is 16.3. The summed E-state index contributed by atoms with van der Waals surface area (Å²) in [5.74, 6) is -4.22. The molecule has 0 saturated carbocycles. The second-order valence-corrected chi connectivity index (χ2v) is 12.7. The van der Waals surface area contributed by atoms with Gasteiger partial charge in [-0.3, -0.25) is 28.8 Å². The van der Waals surface area contributed by atoms with Crippen LogP contribution >= 0.6 is 0 Å². The summed E-state index contributed by atoms with van der Waals surface area (Å²) in [6, 6.07) is 5.39. The maximum absolute atomic E-state index is 13.9. The van der Waals surface area contributed by atoms with Crippen molar-refractivity contribution in [3.8, 4) is 22.6 Å². The number of fused-ring (bicyclic) bond motifs is 5. The molecule has 5 atom stereocenters. The molecular formula is C35H47N5O9. The number of hydrogen-bond acceptors (Lipinski definition) is 9. The van der Waals surface area contributed by atoms with Crippen molar-refractivity contribution in [2.24, 2.45) is 5.92 Å². The molecule has 49 heavy (non-hydrogen) atoms. The zero-order valence-corrected chi connectivity index (χ0v) is 29.0. The van der Waals surface area contributed by atoms with Crippen molar-refractivity contribution in [3.05, 3.63) is 47.5 Å². The number of hydrogen-bond donors (Lipinski definition) is 5. The van der Waals surface area contributed by atoms with Gasteiger partial charge in [0.25, 0.3) is 0 Å². The van der Waals surface area contributed by atoms with Crippen molar-refractivity contribution >= 4 is 35.3 Å². The number of carbonyl (C=O) groups excluding carboxylic acids is 6. The molecule has 5 N–H and O–H groups in total. The molecule has 3 rings (SSSR count). The third-order valence-electron chi connectivity index (χ3n) is 8.78. The van der Waals surface area contributed by atoms with E-state index in [9.17, 15) is 44.1 Å². The molecule has 0 saturated heterocycles. The van der Waals surface area contributed by atoms with Crippen molar-refractivity contribution in [3.63, 3.8) is 0 Å². The van der Waals surface area contributed by atoms with Crippen molar-refractivity contribution in [2.45, 2.75) is 71.1 Å². The second kappa shape index (κ2) is 16.4. The van der Waals surface area contributed by atoms with Crippen LogP contribution in [-0.4, -0.2) is 118 Å². The molecule has 5 amide bonds. The van der Waals surface area contributed by atoms with E-state index in [0.29, 0.717) is 17.5 Å². The molecule has 0 aliphatic carbocycles. The van der Waals surface area contributed by atoms with E-state index in [1.807, 2.05) is 6.92 Å². The Morgan fingerprint density at radius 2 is 1.55 bits per heavy atom. The molecule has 0 aromatic heterocycles. The number of nitrogens with one attached hydrogen (secondary N) is 2. The third kappa shape index (κ3) is 9.13. The lowest BCUT2D eigenvalue weighted by molar-refractivity contribution is -0.145. The first-order valence-corrected chi connectivity index (χ1v) is 16.2. The first-order valence-electron chi connectivity index (χ1n) is 16.2. The number of likely N-dealkylation sites (N-methyl/N-ethyl adjacent to an activating group) is 3. The third-order valence-corrected chi connectivity index (χ3v) is 8.78. The Balaban J connectivity index is 1.91. The van der Waals surface area contributed by atoms with Crippen molar-refractivity contribution in [1.29, 1.82) is 0 Å². The molecule has 4 bridgehead atoms. The van der Waals surface area contributed by atoms with Gasteiger partial charge in [0, 0.05) is 57.1 Å². The molecule has 0 unspecified atom stereocenters. The lowest BCUT2D eigenvalue weighted by atomic mass is 9.90. The number of aliphatic hydroxyl groups excluding tert-OH is 1. The Labute approximate surface area is 286 Å². The molecule has 1 aliphatic rings. The average Bonchev–Trinajstić information content (AvgIpc) is 3.05. The minimum atomic E-state index is -1.23. The van der Waals surface area contributed by atoms with E-state index in [-0.39, 0.29) is 47.8 Å². The van der Waals surface area contributed by atoms with Gasteiger partial charge in [0.2, 0.25) is 29.5 Å². The minimum Gasteiger partial charge on any atom is -0.507 e. The van der Waals surface area contributed by atoms with Gasteiger partial charge in [0.15, 0.2) is 5.78 Å². The largest absolute Gasteiger partial charge is 0.507 e.